The van der Waals surface area contributed by atoms with Crippen molar-refractivity contribution in [1.29, 1.82) is 0 Å². The summed E-state index contributed by atoms with van der Waals surface area (Å²) in [5.41, 5.74) is -0.258. The second-order valence-corrected chi connectivity index (χ2v) is 3.84. The van der Waals surface area contributed by atoms with E-state index in [0.717, 1.165) is 13.0 Å². The summed E-state index contributed by atoms with van der Waals surface area (Å²) in [7, 11) is 0. The van der Waals surface area contributed by atoms with Crippen molar-refractivity contribution in [3.8, 4) is 0 Å². The van der Waals surface area contributed by atoms with E-state index in [1.165, 1.54) is 6.08 Å². The van der Waals surface area contributed by atoms with Crippen LogP contribution in [0.3, 0.4) is 0 Å². The molecule has 0 aromatic rings. The Balaban J connectivity index is 2.34. The van der Waals surface area contributed by atoms with Crippen LogP contribution in [0.2, 0.25) is 0 Å². The summed E-state index contributed by atoms with van der Waals surface area (Å²) in [5.74, 6) is 0.222. The standard InChI is InChI=1S/C11H18O3/c1-4-6-10(12)13-8-11(3)9(5-2)7-14-11/h4,6,9H,5,7-8H2,1-3H3. The van der Waals surface area contributed by atoms with Crippen LogP contribution in [0.4, 0.5) is 0 Å². The SMILES string of the molecule is CC=CC(=O)OCC1(C)OCC1CC. The highest BCUT2D eigenvalue weighted by molar-refractivity contribution is 5.81. The van der Waals surface area contributed by atoms with Crippen LogP contribution < -0.4 is 0 Å². The Morgan fingerprint density at radius 1 is 1.71 bits per heavy atom. The molecule has 0 amide bonds. The van der Waals surface area contributed by atoms with Gasteiger partial charge in [-0.3, -0.25) is 0 Å². The van der Waals surface area contributed by atoms with Crippen molar-refractivity contribution in [3.05, 3.63) is 12.2 Å². The fourth-order valence-electron chi connectivity index (χ4n) is 1.59. The molecule has 0 spiro atoms. The lowest BCUT2D eigenvalue weighted by molar-refractivity contribution is -0.218. The quantitative estimate of drug-likeness (QED) is 0.511. The van der Waals surface area contributed by atoms with Gasteiger partial charge in [-0.2, -0.15) is 0 Å². The Kier molecular flexibility index (Phi) is 3.69. The van der Waals surface area contributed by atoms with E-state index in [4.69, 9.17) is 9.47 Å². The van der Waals surface area contributed by atoms with E-state index < -0.39 is 0 Å². The number of hydrogen-bond donors (Lipinski definition) is 0. The predicted molar refractivity (Wildman–Crippen MR) is 53.9 cm³/mol. The number of hydrogen-bond acceptors (Lipinski definition) is 3. The summed E-state index contributed by atoms with van der Waals surface area (Å²) in [5, 5.41) is 0. The Hall–Kier alpha value is -0.830. The van der Waals surface area contributed by atoms with Crippen molar-refractivity contribution in [3.63, 3.8) is 0 Å². The molecule has 0 aromatic carbocycles. The maximum absolute atomic E-state index is 11.1. The summed E-state index contributed by atoms with van der Waals surface area (Å²) in [6, 6.07) is 0. The second-order valence-electron chi connectivity index (χ2n) is 3.84. The molecular formula is C11H18O3. The largest absolute Gasteiger partial charge is 0.459 e. The maximum atomic E-state index is 11.1. The summed E-state index contributed by atoms with van der Waals surface area (Å²) < 4.78 is 10.5. The molecule has 1 rings (SSSR count). The minimum absolute atomic E-state index is 0.258. The zero-order valence-corrected chi connectivity index (χ0v) is 9.08. The Bertz CT molecular complexity index is 233. The van der Waals surface area contributed by atoms with Crippen LogP contribution in [0.15, 0.2) is 12.2 Å². The highest BCUT2D eigenvalue weighted by Crippen LogP contribution is 2.35. The third-order valence-corrected chi connectivity index (χ3v) is 2.77. The van der Waals surface area contributed by atoms with Crippen LogP contribution in [0.1, 0.15) is 27.2 Å². The van der Waals surface area contributed by atoms with E-state index in [2.05, 4.69) is 6.92 Å². The van der Waals surface area contributed by atoms with Crippen molar-refractivity contribution in [2.75, 3.05) is 13.2 Å². The number of allylic oxidation sites excluding steroid dienone is 1. The van der Waals surface area contributed by atoms with Crippen LogP contribution in [0.25, 0.3) is 0 Å². The molecule has 1 aliphatic rings. The third-order valence-electron chi connectivity index (χ3n) is 2.77. The smallest absolute Gasteiger partial charge is 0.330 e. The first-order chi connectivity index (χ1) is 6.62. The fourth-order valence-corrected chi connectivity index (χ4v) is 1.59. The fraction of sp³-hybridized carbons (Fsp3) is 0.727. The molecule has 0 saturated carbocycles. The first-order valence-corrected chi connectivity index (χ1v) is 5.05. The first kappa shape index (κ1) is 11.2. The van der Waals surface area contributed by atoms with Gasteiger partial charge in [0.2, 0.25) is 0 Å². The number of carbonyl (C=O) groups excluding carboxylic acids is 1. The van der Waals surface area contributed by atoms with Gasteiger partial charge in [0.25, 0.3) is 0 Å². The average molecular weight is 198 g/mol. The van der Waals surface area contributed by atoms with Crippen LogP contribution >= 0.6 is 0 Å². The lowest BCUT2D eigenvalue weighted by Crippen LogP contribution is -2.54. The number of esters is 1. The van der Waals surface area contributed by atoms with E-state index >= 15 is 0 Å². The molecule has 80 valence electrons. The molecule has 0 radical (unpaired) electrons. The van der Waals surface area contributed by atoms with E-state index in [1.807, 2.05) is 6.92 Å². The highest BCUT2D eigenvalue weighted by atomic mass is 16.6. The average Bonchev–Trinajstić information content (AvgIpc) is 2.14. The van der Waals surface area contributed by atoms with E-state index in [-0.39, 0.29) is 11.6 Å². The van der Waals surface area contributed by atoms with Crippen LogP contribution in [-0.2, 0) is 14.3 Å². The molecule has 0 aliphatic carbocycles. The molecule has 3 heteroatoms. The van der Waals surface area contributed by atoms with Gasteiger partial charge < -0.3 is 9.47 Å². The molecular weight excluding hydrogens is 180 g/mol. The van der Waals surface area contributed by atoms with Crippen molar-refractivity contribution < 1.29 is 14.3 Å². The normalized spacial score (nSPS) is 31.5. The van der Waals surface area contributed by atoms with Gasteiger partial charge in [-0.1, -0.05) is 13.0 Å². The van der Waals surface area contributed by atoms with E-state index in [9.17, 15) is 4.79 Å². The number of carbonyl (C=O) groups is 1. The zero-order valence-electron chi connectivity index (χ0n) is 9.08. The zero-order chi connectivity index (χ0) is 10.6. The lowest BCUT2D eigenvalue weighted by Gasteiger charge is -2.46. The molecule has 0 aromatic heterocycles. The van der Waals surface area contributed by atoms with Gasteiger partial charge >= 0.3 is 5.97 Å². The van der Waals surface area contributed by atoms with Crippen molar-refractivity contribution in [1.82, 2.24) is 0 Å². The Morgan fingerprint density at radius 2 is 2.43 bits per heavy atom. The third kappa shape index (κ3) is 2.35. The van der Waals surface area contributed by atoms with E-state index in [0.29, 0.717) is 12.5 Å². The first-order valence-electron chi connectivity index (χ1n) is 5.05. The molecule has 1 heterocycles. The number of rotatable bonds is 4. The van der Waals surface area contributed by atoms with Gasteiger partial charge in [-0.15, -0.1) is 0 Å². The van der Waals surface area contributed by atoms with Crippen molar-refractivity contribution in [2.45, 2.75) is 32.8 Å². The molecule has 1 aliphatic heterocycles. The molecule has 2 unspecified atom stereocenters. The molecule has 1 saturated heterocycles. The van der Waals surface area contributed by atoms with Crippen molar-refractivity contribution in [2.24, 2.45) is 5.92 Å². The summed E-state index contributed by atoms with van der Waals surface area (Å²) in [4.78, 5) is 11.1. The molecule has 14 heavy (non-hydrogen) atoms. The van der Waals surface area contributed by atoms with Gasteiger partial charge in [0.1, 0.15) is 12.2 Å². The van der Waals surface area contributed by atoms with Gasteiger partial charge in [0.15, 0.2) is 0 Å². The lowest BCUT2D eigenvalue weighted by atomic mass is 9.83. The van der Waals surface area contributed by atoms with Gasteiger partial charge in [-0.25, -0.2) is 4.79 Å². The molecule has 2 atom stereocenters. The van der Waals surface area contributed by atoms with Gasteiger partial charge in [0.05, 0.1) is 6.61 Å². The monoisotopic (exact) mass is 198 g/mol. The molecule has 0 bridgehead atoms. The topological polar surface area (TPSA) is 35.5 Å². The van der Waals surface area contributed by atoms with Gasteiger partial charge in [-0.05, 0) is 20.3 Å². The number of ether oxygens (including phenoxy) is 2. The summed E-state index contributed by atoms with van der Waals surface area (Å²) in [6.45, 7) is 7.05. The Labute approximate surface area is 85.1 Å². The summed E-state index contributed by atoms with van der Waals surface area (Å²) >= 11 is 0. The predicted octanol–water partition coefficient (Wildman–Crippen LogP) is 1.92. The second kappa shape index (κ2) is 4.60. The molecule has 1 fully saturated rings. The minimum Gasteiger partial charge on any atom is -0.459 e. The maximum Gasteiger partial charge on any atom is 0.330 e. The minimum atomic E-state index is -0.293. The van der Waals surface area contributed by atoms with Crippen LogP contribution in [0, 0.1) is 5.92 Å². The molecule has 3 nitrogen and oxygen atoms in total. The van der Waals surface area contributed by atoms with Crippen LogP contribution in [0.5, 0.6) is 0 Å². The molecule has 0 N–H and O–H groups in total. The summed E-state index contributed by atoms with van der Waals surface area (Å²) in [6.07, 6.45) is 4.16. The van der Waals surface area contributed by atoms with Crippen molar-refractivity contribution >= 4 is 5.97 Å². The Morgan fingerprint density at radius 3 is 2.86 bits per heavy atom. The van der Waals surface area contributed by atoms with Gasteiger partial charge in [0, 0.05) is 12.0 Å². The van der Waals surface area contributed by atoms with Crippen LogP contribution in [-0.4, -0.2) is 24.8 Å². The van der Waals surface area contributed by atoms with E-state index in [1.54, 1.807) is 13.0 Å². The highest BCUT2D eigenvalue weighted by Gasteiger charge is 2.44.